The van der Waals surface area contributed by atoms with Crippen molar-refractivity contribution in [3.8, 4) is 0 Å². The number of nitrogens with one attached hydrogen (secondary N) is 1. The highest BCUT2D eigenvalue weighted by atomic mass is 32.2. The van der Waals surface area contributed by atoms with Crippen LogP contribution in [0.5, 0.6) is 0 Å². The number of sulfonamides is 1. The Labute approximate surface area is 111 Å². The van der Waals surface area contributed by atoms with Crippen molar-refractivity contribution in [2.24, 2.45) is 0 Å². The molecule has 3 rings (SSSR count). The summed E-state index contributed by atoms with van der Waals surface area (Å²) in [5.74, 6) is 0. The molecule has 100 valence electrons. The van der Waals surface area contributed by atoms with E-state index in [0.717, 1.165) is 18.4 Å². The number of aromatic amines is 1. The summed E-state index contributed by atoms with van der Waals surface area (Å²) in [5, 5.41) is 6.23. The summed E-state index contributed by atoms with van der Waals surface area (Å²) in [6, 6.07) is 5.40. The van der Waals surface area contributed by atoms with Crippen molar-refractivity contribution in [3.63, 3.8) is 0 Å². The first-order valence-corrected chi connectivity index (χ1v) is 7.43. The number of hydrogen-bond acceptors (Lipinski definition) is 4. The van der Waals surface area contributed by atoms with E-state index in [2.05, 4.69) is 10.2 Å². The summed E-state index contributed by atoms with van der Waals surface area (Å²) in [7, 11) is -3.56. The lowest BCUT2D eigenvalue weighted by atomic mass is 10.0. The Morgan fingerprint density at radius 3 is 2.95 bits per heavy atom. The summed E-state index contributed by atoms with van der Waals surface area (Å²) in [5.41, 5.74) is 8.01. The second-order valence-electron chi connectivity index (χ2n) is 4.50. The normalized spacial score (nSPS) is 15.3. The van der Waals surface area contributed by atoms with E-state index in [-0.39, 0.29) is 4.90 Å². The summed E-state index contributed by atoms with van der Waals surface area (Å²) in [4.78, 5) is 0.169. The lowest BCUT2D eigenvalue weighted by Crippen LogP contribution is -2.35. The fraction of sp³-hybridized carbons (Fsp3) is 0.250. The number of aromatic nitrogens is 2. The van der Waals surface area contributed by atoms with Crippen LogP contribution in [0.15, 0.2) is 35.5 Å². The lowest BCUT2D eigenvalue weighted by molar-refractivity contribution is 0.586. The van der Waals surface area contributed by atoms with Crippen LogP contribution >= 0.6 is 0 Å². The Morgan fingerprint density at radius 2 is 2.21 bits per heavy atom. The van der Waals surface area contributed by atoms with Crippen molar-refractivity contribution < 1.29 is 8.42 Å². The molecule has 6 nitrogen and oxygen atoms in total. The lowest BCUT2D eigenvalue weighted by Gasteiger charge is -2.30. The highest BCUT2D eigenvalue weighted by molar-refractivity contribution is 7.92. The van der Waals surface area contributed by atoms with E-state index >= 15 is 0 Å². The molecule has 19 heavy (non-hydrogen) atoms. The van der Waals surface area contributed by atoms with Gasteiger partial charge in [0.1, 0.15) is 4.90 Å². The quantitative estimate of drug-likeness (QED) is 0.805. The fourth-order valence-corrected chi connectivity index (χ4v) is 3.76. The van der Waals surface area contributed by atoms with E-state index in [0.29, 0.717) is 17.9 Å². The van der Waals surface area contributed by atoms with Gasteiger partial charge in [0.2, 0.25) is 0 Å². The summed E-state index contributed by atoms with van der Waals surface area (Å²) < 4.78 is 26.5. The molecule has 0 saturated heterocycles. The predicted molar refractivity (Wildman–Crippen MR) is 72.3 cm³/mol. The molecule has 0 spiro atoms. The van der Waals surface area contributed by atoms with E-state index in [1.807, 2.05) is 6.07 Å². The monoisotopic (exact) mass is 278 g/mol. The van der Waals surface area contributed by atoms with E-state index in [1.54, 1.807) is 12.1 Å². The molecule has 0 aliphatic carbocycles. The molecule has 0 radical (unpaired) electrons. The van der Waals surface area contributed by atoms with Gasteiger partial charge in [-0.2, -0.15) is 5.10 Å². The van der Waals surface area contributed by atoms with Gasteiger partial charge < -0.3 is 5.73 Å². The maximum absolute atomic E-state index is 12.5. The zero-order valence-corrected chi connectivity index (χ0v) is 11.0. The third kappa shape index (κ3) is 1.95. The first kappa shape index (κ1) is 12.0. The van der Waals surface area contributed by atoms with Crippen molar-refractivity contribution >= 4 is 21.4 Å². The van der Waals surface area contributed by atoms with Crippen LogP contribution < -0.4 is 10.0 Å². The predicted octanol–water partition coefficient (Wildman–Crippen LogP) is 1.13. The van der Waals surface area contributed by atoms with Crippen LogP contribution in [0.2, 0.25) is 0 Å². The van der Waals surface area contributed by atoms with Gasteiger partial charge in [-0.3, -0.25) is 9.40 Å². The maximum atomic E-state index is 12.5. The molecule has 0 atom stereocenters. The largest absolute Gasteiger partial charge is 0.399 e. The summed E-state index contributed by atoms with van der Waals surface area (Å²) in [6.07, 6.45) is 4.37. The van der Waals surface area contributed by atoms with Gasteiger partial charge in [-0.15, -0.1) is 0 Å². The number of fused-ring (bicyclic) bond motifs is 1. The minimum Gasteiger partial charge on any atom is -0.399 e. The first-order chi connectivity index (χ1) is 9.09. The zero-order chi connectivity index (χ0) is 13.5. The molecule has 1 aliphatic heterocycles. The van der Waals surface area contributed by atoms with Crippen LogP contribution in [0.25, 0.3) is 0 Å². The van der Waals surface area contributed by atoms with Crippen LogP contribution in [-0.2, 0) is 16.4 Å². The number of rotatable bonds is 2. The topological polar surface area (TPSA) is 92.1 Å². The molecule has 0 bridgehead atoms. The van der Waals surface area contributed by atoms with Crippen molar-refractivity contribution in [3.05, 3.63) is 36.2 Å². The number of hydrogen-bond donors (Lipinski definition) is 2. The van der Waals surface area contributed by atoms with Gasteiger partial charge >= 0.3 is 0 Å². The molecular weight excluding hydrogens is 264 g/mol. The molecule has 2 heterocycles. The molecule has 0 unspecified atom stereocenters. The van der Waals surface area contributed by atoms with Crippen LogP contribution in [-0.4, -0.2) is 25.2 Å². The minimum atomic E-state index is -3.56. The smallest absolute Gasteiger partial charge is 0.267 e. The van der Waals surface area contributed by atoms with Crippen LogP contribution in [0, 0.1) is 0 Å². The number of anilines is 2. The van der Waals surface area contributed by atoms with Crippen molar-refractivity contribution in [1.82, 2.24) is 10.2 Å². The standard InChI is InChI=1S/C12H14N4O2S/c13-10-4-3-9-2-1-5-16(12(9)6-10)19(17,18)11-7-14-15-8-11/h3-4,6-8H,1-2,5,13H2,(H,14,15). The molecule has 3 N–H and O–H groups in total. The molecule has 1 aromatic heterocycles. The summed E-state index contributed by atoms with van der Waals surface area (Å²) >= 11 is 0. The van der Waals surface area contributed by atoms with Gasteiger partial charge in [0.05, 0.1) is 11.9 Å². The number of nitrogen functional groups attached to an aromatic ring is 1. The average molecular weight is 278 g/mol. The number of benzene rings is 1. The van der Waals surface area contributed by atoms with E-state index < -0.39 is 10.0 Å². The van der Waals surface area contributed by atoms with Crippen molar-refractivity contribution in [1.29, 1.82) is 0 Å². The van der Waals surface area contributed by atoms with E-state index in [4.69, 9.17) is 5.73 Å². The third-order valence-corrected chi connectivity index (χ3v) is 5.03. The van der Waals surface area contributed by atoms with Crippen LogP contribution in [0.1, 0.15) is 12.0 Å². The minimum absolute atomic E-state index is 0.169. The Morgan fingerprint density at radius 1 is 1.37 bits per heavy atom. The Balaban J connectivity index is 2.12. The van der Waals surface area contributed by atoms with E-state index in [9.17, 15) is 8.42 Å². The number of nitrogens with zero attached hydrogens (tertiary/aromatic N) is 2. The molecule has 1 aromatic carbocycles. The second-order valence-corrected chi connectivity index (χ2v) is 6.37. The molecular formula is C12H14N4O2S. The van der Waals surface area contributed by atoms with Gasteiger partial charge in [0.15, 0.2) is 0 Å². The van der Waals surface area contributed by atoms with Gasteiger partial charge in [-0.05, 0) is 30.5 Å². The van der Waals surface area contributed by atoms with Crippen LogP contribution in [0.4, 0.5) is 11.4 Å². The van der Waals surface area contributed by atoms with Gasteiger partial charge in [-0.25, -0.2) is 8.42 Å². The molecule has 7 heteroatoms. The molecule has 0 amide bonds. The van der Waals surface area contributed by atoms with Gasteiger partial charge in [0.25, 0.3) is 10.0 Å². The SMILES string of the molecule is Nc1ccc2c(c1)N(S(=O)(=O)c1cn[nH]c1)CCC2. The number of H-pyrrole nitrogens is 1. The highest BCUT2D eigenvalue weighted by Gasteiger charge is 2.29. The second kappa shape index (κ2) is 4.27. The Bertz CT molecular complexity index is 695. The Kier molecular flexibility index (Phi) is 2.70. The van der Waals surface area contributed by atoms with Gasteiger partial charge in [0, 0.05) is 18.4 Å². The molecule has 1 aliphatic rings. The molecule has 0 saturated carbocycles. The fourth-order valence-electron chi connectivity index (χ4n) is 2.32. The van der Waals surface area contributed by atoms with Crippen molar-refractivity contribution in [2.45, 2.75) is 17.7 Å². The third-order valence-electron chi connectivity index (χ3n) is 3.25. The summed E-state index contributed by atoms with van der Waals surface area (Å²) in [6.45, 7) is 0.462. The Hall–Kier alpha value is -2.02. The highest BCUT2D eigenvalue weighted by Crippen LogP contribution is 2.33. The molecule has 0 fully saturated rings. The maximum Gasteiger partial charge on any atom is 0.267 e. The average Bonchev–Trinajstić information content (AvgIpc) is 2.92. The van der Waals surface area contributed by atoms with Crippen LogP contribution in [0.3, 0.4) is 0 Å². The van der Waals surface area contributed by atoms with Crippen molar-refractivity contribution in [2.75, 3.05) is 16.6 Å². The first-order valence-electron chi connectivity index (χ1n) is 5.99. The molecule has 2 aromatic rings. The van der Waals surface area contributed by atoms with E-state index in [1.165, 1.54) is 16.7 Å². The number of aryl methyl sites for hydroxylation is 1. The number of nitrogens with two attached hydrogens (primary N) is 1. The van der Waals surface area contributed by atoms with Gasteiger partial charge in [-0.1, -0.05) is 6.07 Å². The zero-order valence-electron chi connectivity index (χ0n) is 10.2.